The minimum Gasteiger partial charge on any atom is -0.872 e. The van der Waals surface area contributed by atoms with E-state index in [-0.39, 0.29) is 40.2 Å². The van der Waals surface area contributed by atoms with Crippen LogP contribution >= 0.6 is 0 Å². The Bertz CT molecular complexity index is 819. The van der Waals surface area contributed by atoms with Crippen LogP contribution in [0.4, 0.5) is 0 Å². The Labute approximate surface area is 190 Å². The fourth-order valence-electron chi connectivity index (χ4n) is 2.90. The molecule has 5 nitrogen and oxygen atoms in total. The van der Waals surface area contributed by atoms with Gasteiger partial charge >= 0.3 is 29.6 Å². The maximum absolute atomic E-state index is 12.0. The molecule has 2 aromatic rings. The van der Waals surface area contributed by atoms with Crippen LogP contribution in [0.2, 0.25) is 0 Å². The van der Waals surface area contributed by atoms with Crippen molar-refractivity contribution >= 4 is 10.1 Å². The zero-order valence-electron chi connectivity index (χ0n) is 16.7. The second-order valence-corrected chi connectivity index (χ2v) is 8.11. The van der Waals surface area contributed by atoms with Crippen molar-refractivity contribution in [3.8, 4) is 17.2 Å². The van der Waals surface area contributed by atoms with E-state index in [2.05, 4.69) is 6.92 Å². The third-order valence-corrected chi connectivity index (χ3v) is 5.31. The molecule has 0 atom stereocenters. The minimum atomic E-state index is -4.22. The average molecular weight is 414 g/mol. The summed E-state index contributed by atoms with van der Waals surface area (Å²) < 4.78 is 36.8. The molecule has 0 spiro atoms. The molecule has 0 heterocycles. The van der Waals surface area contributed by atoms with Crippen molar-refractivity contribution in [2.24, 2.45) is 0 Å². The first-order valence-corrected chi connectivity index (χ1v) is 10.9. The summed E-state index contributed by atoms with van der Waals surface area (Å²) in [5, 5.41) is 12.0. The van der Waals surface area contributed by atoms with Crippen molar-refractivity contribution in [1.29, 1.82) is 0 Å². The maximum Gasteiger partial charge on any atom is 1.00 e. The van der Waals surface area contributed by atoms with Crippen LogP contribution in [0.3, 0.4) is 0 Å². The number of hydrogen-bond donors (Lipinski definition) is 1. The third kappa shape index (κ3) is 8.53. The molecule has 0 unspecified atom stereocenters. The third-order valence-electron chi connectivity index (χ3n) is 4.44. The summed E-state index contributed by atoms with van der Waals surface area (Å²) in [6.45, 7) is 2.20. The first-order chi connectivity index (χ1) is 12.9. The van der Waals surface area contributed by atoms with E-state index in [9.17, 15) is 13.5 Å². The van der Waals surface area contributed by atoms with Crippen molar-refractivity contribution in [2.75, 3.05) is 0 Å². The van der Waals surface area contributed by atoms with Crippen LogP contribution in [0.1, 0.15) is 57.4 Å². The van der Waals surface area contributed by atoms with Gasteiger partial charge in [0.05, 0.1) is 4.90 Å². The van der Waals surface area contributed by atoms with Crippen LogP contribution in [0.15, 0.2) is 47.4 Å². The summed E-state index contributed by atoms with van der Waals surface area (Å²) in [6, 6.07) is 10.3. The first kappa shape index (κ1) is 25.0. The van der Waals surface area contributed by atoms with Crippen LogP contribution in [0, 0.1) is 0 Å². The summed E-state index contributed by atoms with van der Waals surface area (Å²) in [4.78, 5) is -0.190. The van der Waals surface area contributed by atoms with Gasteiger partial charge in [-0.25, -0.2) is 0 Å². The molecule has 7 heteroatoms. The van der Waals surface area contributed by atoms with E-state index in [4.69, 9.17) is 9.29 Å². The predicted molar refractivity (Wildman–Crippen MR) is 104 cm³/mol. The number of benzene rings is 2. The molecule has 1 N–H and O–H groups in total. The number of ether oxygens (including phenoxy) is 1. The molecule has 0 aliphatic carbocycles. The van der Waals surface area contributed by atoms with Gasteiger partial charge in [0.15, 0.2) is 0 Å². The Morgan fingerprint density at radius 1 is 0.893 bits per heavy atom. The molecular formula is C21H27NaO5S. The molecule has 0 radical (unpaired) electrons. The Balaban J connectivity index is 0.00000392. The predicted octanol–water partition coefficient (Wildman–Crippen LogP) is 2.10. The zero-order chi connectivity index (χ0) is 19.7. The molecule has 0 amide bonds. The normalized spacial score (nSPS) is 11.1. The van der Waals surface area contributed by atoms with Crippen molar-refractivity contribution in [2.45, 2.75) is 63.2 Å². The van der Waals surface area contributed by atoms with Gasteiger partial charge in [0, 0.05) is 0 Å². The summed E-state index contributed by atoms with van der Waals surface area (Å²) >= 11 is 0. The second-order valence-electron chi connectivity index (χ2n) is 6.69. The largest absolute Gasteiger partial charge is 1.00 e. The quantitative estimate of drug-likeness (QED) is 0.346. The van der Waals surface area contributed by atoms with Crippen LogP contribution in [0.25, 0.3) is 0 Å². The molecule has 28 heavy (non-hydrogen) atoms. The smallest absolute Gasteiger partial charge is 0.872 e. The molecule has 2 rings (SSSR count). The van der Waals surface area contributed by atoms with Gasteiger partial charge in [0.1, 0.15) is 11.5 Å². The standard InChI is InChI=1S/C21H28O5S.Na/c1-2-3-4-5-6-7-8-9-17-16-19(12-15-21(17)22)26-18-10-13-20(14-11-18)27(23,24)25;/h10-16,22H,2-9H2,1H3,(H,23,24,25);/q;+1/p-1. The van der Waals surface area contributed by atoms with Crippen molar-refractivity contribution in [1.82, 2.24) is 0 Å². The minimum absolute atomic E-state index is 0. The summed E-state index contributed by atoms with van der Waals surface area (Å²) in [6.07, 6.45) is 9.08. The van der Waals surface area contributed by atoms with Crippen molar-refractivity contribution in [3.63, 3.8) is 0 Å². The molecule has 0 fully saturated rings. The number of rotatable bonds is 11. The fraction of sp³-hybridized carbons (Fsp3) is 0.429. The molecule has 0 saturated carbocycles. The molecule has 148 valence electrons. The first-order valence-electron chi connectivity index (χ1n) is 9.45. The molecule has 0 aliphatic rings. The van der Waals surface area contributed by atoms with E-state index in [0.29, 0.717) is 11.5 Å². The molecule has 0 saturated heterocycles. The maximum atomic E-state index is 12.0. The van der Waals surface area contributed by atoms with E-state index in [0.717, 1.165) is 24.8 Å². The van der Waals surface area contributed by atoms with Crippen LogP contribution in [-0.4, -0.2) is 13.0 Å². The molecule has 0 aliphatic heterocycles. The van der Waals surface area contributed by atoms with Crippen molar-refractivity contribution < 1.29 is 52.4 Å². The fourth-order valence-corrected chi connectivity index (χ4v) is 3.38. The van der Waals surface area contributed by atoms with Gasteiger partial charge in [0.2, 0.25) is 0 Å². The van der Waals surface area contributed by atoms with E-state index >= 15 is 0 Å². The molecule has 2 aromatic carbocycles. The molecular weight excluding hydrogens is 387 g/mol. The van der Waals surface area contributed by atoms with Crippen LogP contribution < -0.4 is 39.4 Å². The second kappa shape index (κ2) is 12.5. The monoisotopic (exact) mass is 414 g/mol. The average Bonchev–Trinajstić information content (AvgIpc) is 2.63. The Morgan fingerprint density at radius 2 is 1.46 bits per heavy atom. The van der Waals surface area contributed by atoms with Gasteiger partial charge in [-0.1, -0.05) is 57.1 Å². The van der Waals surface area contributed by atoms with E-state index in [1.807, 2.05) is 0 Å². The SMILES string of the molecule is CCCCCCCCCc1cc(Oc2ccc(S(=O)(=O)O)cc2)ccc1[O-].[Na+]. The Kier molecular flexibility index (Phi) is 11.2. The van der Waals surface area contributed by atoms with E-state index in [1.165, 1.54) is 62.4 Å². The topological polar surface area (TPSA) is 86.7 Å². The zero-order valence-corrected chi connectivity index (χ0v) is 19.5. The van der Waals surface area contributed by atoms with Gasteiger partial charge in [-0.05, 0) is 49.2 Å². The van der Waals surface area contributed by atoms with Gasteiger partial charge in [-0.3, -0.25) is 4.55 Å². The van der Waals surface area contributed by atoms with E-state index in [1.54, 1.807) is 12.1 Å². The van der Waals surface area contributed by atoms with Gasteiger partial charge in [-0.15, -0.1) is 5.75 Å². The van der Waals surface area contributed by atoms with Crippen LogP contribution in [-0.2, 0) is 16.5 Å². The van der Waals surface area contributed by atoms with Crippen molar-refractivity contribution in [3.05, 3.63) is 48.0 Å². The number of aryl methyl sites for hydroxylation is 1. The van der Waals surface area contributed by atoms with Gasteiger partial charge < -0.3 is 9.84 Å². The summed E-state index contributed by atoms with van der Waals surface area (Å²) in [7, 11) is -4.22. The molecule has 0 aromatic heterocycles. The van der Waals surface area contributed by atoms with Crippen LogP contribution in [0.5, 0.6) is 17.2 Å². The number of unbranched alkanes of at least 4 members (excludes halogenated alkanes) is 6. The summed E-state index contributed by atoms with van der Waals surface area (Å²) in [5.74, 6) is 0.977. The Morgan fingerprint density at radius 3 is 2.07 bits per heavy atom. The number of hydrogen-bond acceptors (Lipinski definition) is 4. The Hall–Kier alpha value is -1.05. The molecule has 0 bridgehead atoms. The van der Waals surface area contributed by atoms with E-state index < -0.39 is 10.1 Å². The van der Waals surface area contributed by atoms with Gasteiger partial charge in [0.25, 0.3) is 10.1 Å². The summed E-state index contributed by atoms with van der Waals surface area (Å²) in [5.41, 5.74) is 0.732. The van der Waals surface area contributed by atoms with Gasteiger partial charge in [-0.2, -0.15) is 8.42 Å².